The van der Waals surface area contributed by atoms with Crippen LogP contribution in [0, 0.1) is 0 Å². The fourth-order valence-corrected chi connectivity index (χ4v) is 1.28. The normalized spacial score (nSPS) is 10.8. The van der Waals surface area contributed by atoms with Gasteiger partial charge >= 0.3 is 5.97 Å². The van der Waals surface area contributed by atoms with Gasteiger partial charge in [0, 0.05) is 18.3 Å². The molecule has 0 aromatic heterocycles. The highest BCUT2D eigenvalue weighted by Gasteiger charge is 2.04. The summed E-state index contributed by atoms with van der Waals surface area (Å²) in [7, 11) is 3.80. The fraction of sp³-hybridized carbons (Fsp3) is 0.231. The van der Waals surface area contributed by atoms with Crippen molar-refractivity contribution in [3.05, 3.63) is 42.0 Å². The third-order valence-corrected chi connectivity index (χ3v) is 2.12. The van der Waals surface area contributed by atoms with Crippen LogP contribution in [0.5, 0.6) is 0 Å². The monoisotopic (exact) mass is 248 g/mol. The largest absolute Gasteiger partial charge is 0.478 e. The number of carbonyl (C=O) groups is 2. The molecule has 2 N–H and O–H groups in total. The number of carbonyl (C=O) groups excluding carboxylic acids is 1. The summed E-state index contributed by atoms with van der Waals surface area (Å²) in [5, 5.41) is 11.4. The summed E-state index contributed by atoms with van der Waals surface area (Å²) in [4.78, 5) is 24.2. The Labute approximate surface area is 106 Å². The molecule has 5 nitrogen and oxygen atoms in total. The highest BCUT2D eigenvalue weighted by atomic mass is 16.4. The zero-order valence-electron chi connectivity index (χ0n) is 10.4. The maximum Gasteiger partial charge on any atom is 0.335 e. The lowest BCUT2D eigenvalue weighted by Crippen LogP contribution is -2.13. The minimum absolute atomic E-state index is 0.144. The summed E-state index contributed by atoms with van der Waals surface area (Å²) in [6.07, 6.45) is 3.16. The molecule has 0 aliphatic carbocycles. The standard InChI is InChI=1S/C13H16N2O3/c1-15(2)8-4-7-12(16)14-11-6-3-5-10(9-11)13(17)18/h3-7,9H,8H2,1-2H3,(H,14,16)(H,17,18). The van der Waals surface area contributed by atoms with Crippen LogP contribution in [0.2, 0.25) is 0 Å². The molecule has 0 saturated heterocycles. The van der Waals surface area contributed by atoms with Crippen molar-refractivity contribution < 1.29 is 14.7 Å². The SMILES string of the molecule is CN(C)CC=CC(=O)Nc1cccc(C(=O)O)c1. The lowest BCUT2D eigenvalue weighted by atomic mass is 10.2. The molecule has 0 radical (unpaired) electrons. The van der Waals surface area contributed by atoms with E-state index in [1.165, 1.54) is 18.2 Å². The fourth-order valence-electron chi connectivity index (χ4n) is 1.28. The van der Waals surface area contributed by atoms with Crippen molar-refractivity contribution in [2.75, 3.05) is 26.0 Å². The average molecular weight is 248 g/mol. The molecule has 0 bridgehead atoms. The molecular weight excluding hydrogens is 232 g/mol. The van der Waals surface area contributed by atoms with Gasteiger partial charge in [0.2, 0.25) is 5.91 Å². The van der Waals surface area contributed by atoms with Gasteiger partial charge in [-0.2, -0.15) is 0 Å². The van der Waals surface area contributed by atoms with Crippen LogP contribution in [0.4, 0.5) is 5.69 Å². The van der Waals surface area contributed by atoms with Crippen molar-refractivity contribution in [2.24, 2.45) is 0 Å². The van der Waals surface area contributed by atoms with Gasteiger partial charge in [0.1, 0.15) is 0 Å². The van der Waals surface area contributed by atoms with Crippen LogP contribution in [-0.4, -0.2) is 42.5 Å². The third kappa shape index (κ3) is 4.80. The Kier molecular flexibility index (Phi) is 5.07. The number of carboxylic acids is 1. The summed E-state index contributed by atoms with van der Waals surface area (Å²) in [5.74, 6) is -1.30. The molecule has 18 heavy (non-hydrogen) atoms. The Balaban J connectivity index is 2.62. The van der Waals surface area contributed by atoms with Gasteiger partial charge in [0.05, 0.1) is 5.56 Å². The number of benzene rings is 1. The molecule has 0 saturated carbocycles. The van der Waals surface area contributed by atoms with E-state index in [1.54, 1.807) is 18.2 Å². The second kappa shape index (κ2) is 6.56. The molecular formula is C13H16N2O3. The van der Waals surface area contributed by atoms with E-state index in [1.807, 2.05) is 19.0 Å². The van der Waals surface area contributed by atoms with Crippen molar-refractivity contribution in [1.29, 1.82) is 0 Å². The van der Waals surface area contributed by atoms with E-state index in [-0.39, 0.29) is 11.5 Å². The van der Waals surface area contributed by atoms with Crippen LogP contribution in [0.25, 0.3) is 0 Å². The predicted octanol–water partition coefficient (Wildman–Crippen LogP) is 1.44. The number of rotatable bonds is 5. The minimum atomic E-state index is -1.02. The first kappa shape index (κ1) is 13.9. The maximum absolute atomic E-state index is 11.5. The molecule has 0 aliphatic rings. The Bertz CT molecular complexity index is 467. The number of aromatic carboxylic acids is 1. The number of anilines is 1. The summed E-state index contributed by atoms with van der Waals surface area (Å²) < 4.78 is 0. The quantitative estimate of drug-likeness (QED) is 0.774. The molecule has 1 amide bonds. The average Bonchev–Trinajstić information content (AvgIpc) is 2.28. The third-order valence-electron chi connectivity index (χ3n) is 2.12. The van der Waals surface area contributed by atoms with Crippen molar-refractivity contribution in [2.45, 2.75) is 0 Å². The van der Waals surface area contributed by atoms with E-state index in [2.05, 4.69) is 5.32 Å². The molecule has 5 heteroatoms. The Hall–Kier alpha value is -2.14. The van der Waals surface area contributed by atoms with E-state index in [0.717, 1.165) is 0 Å². The highest BCUT2D eigenvalue weighted by Crippen LogP contribution is 2.10. The van der Waals surface area contributed by atoms with Crippen LogP contribution in [0.3, 0.4) is 0 Å². The second-order valence-electron chi connectivity index (χ2n) is 4.04. The molecule has 0 aliphatic heterocycles. The lowest BCUT2D eigenvalue weighted by Gasteiger charge is -2.05. The van der Waals surface area contributed by atoms with Crippen LogP contribution in [-0.2, 0) is 4.79 Å². The first-order valence-corrected chi connectivity index (χ1v) is 5.44. The number of hydrogen-bond acceptors (Lipinski definition) is 3. The van der Waals surface area contributed by atoms with Crippen LogP contribution in [0.15, 0.2) is 36.4 Å². The summed E-state index contributed by atoms with van der Waals surface area (Å²) in [6.45, 7) is 0.669. The Morgan fingerprint density at radius 3 is 2.72 bits per heavy atom. The van der Waals surface area contributed by atoms with E-state index in [0.29, 0.717) is 12.2 Å². The summed E-state index contributed by atoms with van der Waals surface area (Å²) in [5.41, 5.74) is 0.611. The van der Waals surface area contributed by atoms with Crippen molar-refractivity contribution in [1.82, 2.24) is 4.90 Å². The van der Waals surface area contributed by atoms with Gasteiger partial charge in [-0.1, -0.05) is 12.1 Å². The number of likely N-dealkylation sites (N-methyl/N-ethyl adjacent to an activating group) is 1. The Morgan fingerprint density at radius 1 is 1.39 bits per heavy atom. The number of nitrogens with one attached hydrogen (secondary N) is 1. The predicted molar refractivity (Wildman–Crippen MR) is 69.7 cm³/mol. The van der Waals surface area contributed by atoms with Crippen LogP contribution < -0.4 is 5.32 Å². The van der Waals surface area contributed by atoms with Gasteiger partial charge in [-0.05, 0) is 32.3 Å². The van der Waals surface area contributed by atoms with Gasteiger partial charge in [-0.25, -0.2) is 4.79 Å². The molecule has 0 spiro atoms. The molecule has 0 fully saturated rings. The van der Waals surface area contributed by atoms with Crippen molar-refractivity contribution in [3.8, 4) is 0 Å². The lowest BCUT2D eigenvalue weighted by molar-refractivity contribution is -0.111. The first-order chi connectivity index (χ1) is 8.49. The van der Waals surface area contributed by atoms with Gasteiger partial charge in [-0.15, -0.1) is 0 Å². The topological polar surface area (TPSA) is 69.6 Å². The summed E-state index contributed by atoms with van der Waals surface area (Å²) >= 11 is 0. The zero-order chi connectivity index (χ0) is 13.5. The van der Waals surface area contributed by atoms with Gasteiger partial charge < -0.3 is 15.3 Å². The van der Waals surface area contributed by atoms with E-state index in [9.17, 15) is 9.59 Å². The number of carboxylic acid groups (broad SMARTS) is 1. The molecule has 0 heterocycles. The Morgan fingerprint density at radius 2 is 2.11 bits per heavy atom. The van der Waals surface area contributed by atoms with Gasteiger partial charge in [0.25, 0.3) is 0 Å². The number of hydrogen-bond donors (Lipinski definition) is 2. The van der Waals surface area contributed by atoms with Gasteiger partial charge in [0.15, 0.2) is 0 Å². The number of amides is 1. The van der Waals surface area contributed by atoms with Crippen molar-refractivity contribution >= 4 is 17.6 Å². The highest BCUT2D eigenvalue weighted by molar-refractivity contribution is 6.00. The van der Waals surface area contributed by atoms with Gasteiger partial charge in [-0.3, -0.25) is 4.79 Å². The van der Waals surface area contributed by atoms with Crippen molar-refractivity contribution in [3.63, 3.8) is 0 Å². The molecule has 0 atom stereocenters. The zero-order valence-corrected chi connectivity index (χ0v) is 10.4. The molecule has 96 valence electrons. The molecule has 1 rings (SSSR count). The van der Waals surface area contributed by atoms with E-state index >= 15 is 0 Å². The number of nitrogens with zero attached hydrogens (tertiary/aromatic N) is 1. The van der Waals surface area contributed by atoms with E-state index in [4.69, 9.17) is 5.11 Å². The molecule has 1 aromatic carbocycles. The maximum atomic E-state index is 11.5. The molecule has 1 aromatic rings. The van der Waals surface area contributed by atoms with Crippen LogP contribution in [0.1, 0.15) is 10.4 Å². The molecule has 0 unspecified atom stereocenters. The summed E-state index contributed by atoms with van der Waals surface area (Å²) in [6, 6.07) is 6.12. The minimum Gasteiger partial charge on any atom is -0.478 e. The van der Waals surface area contributed by atoms with E-state index < -0.39 is 5.97 Å². The van der Waals surface area contributed by atoms with Crippen LogP contribution >= 0.6 is 0 Å². The first-order valence-electron chi connectivity index (χ1n) is 5.44. The second-order valence-corrected chi connectivity index (χ2v) is 4.04. The smallest absolute Gasteiger partial charge is 0.335 e.